The molecule has 6 heteroatoms. The third-order valence-electron chi connectivity index (χ3n) is 2.47. The lowest BCUT2D eigenvalue weighted by atomic mass is 9.83. The van der Waals surface area contributed by atoms with E-state index in [9.17, 15) is 14.7 Å². The summed E-state index contributed by atoms with van der Waals surface area (Å²) in [5.74, 6) is -1.89. The molecule has 17 heavy (non-hydrogen) atoms. The standard InChI is InChI=1S/C11H21NO5/c1-7(2)17-6-8(13)5-11(3,10(15)16)9(14)12-4/h7-8,13H,5-6H2,1-4H3,(H,12,14)(H,15,16). The van der Waals surface area contributed by atoms with Crippen LogP contribution in [0.2, 0.25) is 0 Å². The third kappa shape index (κ3) is 4.70. The van der Waals surface area contributed by atoms with Gasteiger partial charge in [0.25, 0.3) is 0 Å². The Kier molecular flexibility index (Phi) is 6.12. The Hall–Kier alpha value is -1.14. The highest BCUT2D eigenvalue weighted by Crippen LogP contribution is 2.24. The highest BCUT2D eigenvalue weighted by molar-refractivity contribution is 6.01. The molecule has 0 rings (SSSR count). The monoisotopic (exact) mass is 247 g/mol. The van der Waals surface area contributed by atoms with E-state index in [1.54, 1.807) is 0 Å². The maximum absolute atomic E-state index is 11.5. The molecule has 0 bridgehead atoms. The Morgan fingerprint density at radius 1 is 1.41 bits per heavy atom. The van der Waals surface area contributed by atoms with E-state index in [1.807, 2.05) is 13.8 Å². The molecule has 6 nitrogen and oxygen atoms in total. The van der Waals surface area contributed by atoms with Gasteiger partial charge in [-0.05, 0) is 20.8 Å². The summed E-state index contributed by atoms with van der Waals surface area (Å²) in [7, 11) is 1.36. The van der Waals surface area contributed by atoms with E-state index >= 15 is 0 Å². The van der Waals surface area contributed by atoms with Crippen molar-refractivity contribution in [2.24, 2.45) is 5.41 Å². The van der Waals surface area contributed by atoms with Crippen LogP contribution in [-0.4, -0.2) is 48.0 Å². The molecule has 0 saturated heterocycles. The quantitative estimate of drug-likeness (QED) is 0.550. The van der Waals surface area contributed by atoms with Crippen molar-refractivity contribution in [3.8, 4) is 0 Å². The molecular weight excluding hydrogens is 226 g/mol. The van der Waals surface area contributed by atoms with Crippen LogP contribution in [0.15, 0.2) is 0 Å². The fraction of sp³-hybridized carbons (Fsp3) is 0.818. The number of carbonyl (C=O) groups excluding carboxylic acids is 1. The molecule has 0 aromatic carbocycles. The van der Waals surface area contributed by atoms with Crippen molar-refractivity contribution in [3.63, 3.8) is 0 Å². The van der Waals surface area contributed by atoms with Gasteiger partial charge in [-0.25, -0.2) is 0 Å². The van der Waals surface area contributed by atoms with Crippen LogP contribution in [0.3, 0.4) is 0 Å². The Labute approximate surface area is 101 Å². The van der Waals surface area contributed by atoms with Gasteiger partial charge in [-0.1, -0.05) is 0 Å². The SMILES string of the molecule is CNC(=O)C(C)(CC(O)COC(C)C)C(=O)O. The van der Waals surface area contributed by atoms with Gasteiger partial charge in [-0.2, -0.15) is 0 Å². The summed E-state index contributed by atoms with van der Waals surface area (Å²) in [5, 5.41) is 21.0. The van der Waals surface area contributed by atoms with Gasteiger partial charge in [0.1, 0.15) is 5.41 Å². The number of carboxylic acid groups (broad SMARTS) is 1. The molecule has 0 aliphatic carbocycles. The molecule has 0 spiro atoms. The second kappa shape index (κ2) is 6.56. The highest BCUT2D eigenvalue weighted by Gasteiger charge is 2.42. The van der Waals surface area contributed by atoms with Crippen LogP contribution in [0, 0.1) is 5.41 Å². The lowest BCUT2D eigenvalue weighted by molar-refractivity contribution is -0.157. The van der Waals surface area contributed by atoms with E-state index < -0.39 is 23.4 Å². The topological polar surface area (TPSA) is 95.9 Å². The normalized spacial score (nSPS) is 16.4. The first-order chi connectivity index (χ1) is 7.74. The van der Waals surface area contributed by atoms with Crippen molar-refractivity contribution in [2.45, 2.75) is 39.4 Å². The molecule has 0 saturated carbocycles. The molecule has 3 N–H and O–H groups in total. The van der Waals surface area contributed by atoms with Crippen molar-refractivity contribution in [2.75, 3.05) is 13.7 Å². The minimum Gasteiger partial charge on any atom is -0.480 e. The Bertz CT molecular complexity index is 279. The number of nitrogens with one attached hydrogen (secondary N) is 1. The predicted molar refractivity (Wildman–Crippen MR) is 61.5 cm³/mol. The van der Waals surface area contributed by atoms with Gasteiger partial charge in [-0.3, -0.25) is 9.59 Å². The summed E-state index contributed by atoms with van der Waals surface area (Å²) in [4.78, 5) is 22.6. The smallest absolute Gasteiger partial charge is 0.319 e. The average Bonchev–Trinajstić information content (AvgIpc) is 2.24. The first-order valence-electron chi connectivity index (χ1n) is 5.49. The van der Waals surface area contributed by atoms with E-state index in [-0.39, 0.29) is 19.1 Å². The van der Waals surface area contributed by atoms with Crippen molar-refractivity contribution < 1.29 is 24.5 Å². The van der Waals surface area contributed by atoms with E-state index in [0.717, 1.165) is 0 Å². The minimum atomic E-state index is -1.64. The van der Waals surface area contributed by atoms with Gasteiger partial charge in [-0.15, -0.1) is 0 Å². The van der Waals surface area contributed by atoms with Gasteiger partial charge in [0.05, 0.1) is 18.8 Å². The zero-order chi connectivity index (χ0) is 13.6. The summed E-state index contributed by atoms with van der Waals surface area (Å²) in [6, 6.07) is 0. The van der Waals surface area contributed by atoms with E-state index in [0.29, 0.717) is 0 Å². The number of hydrogen-bond donors (Lipinski definition) is 3. The number of aliphatic hydroxyl groups is 1. The maximum atomic E-state index is 11.5. The maximum Gasteiger partial charge on any atom is 0.319 e. The van der Waals surface area contributed by atoms with Gasteiger partial charge in [0.2, 0.25) is 5.91 Å². The fourth-order valence-electron chi connectivity index (χ4n) is 1.39. The summed E-state index contributed by atoms with van der Waals surface area (Å²) >= 11 is 0. The minimum absolute atomic E-state index is 0.0114. The highest BCUT2D eigenvalue weighted by atomic mass is 16.5. The molecule has 2 unspecified atom stereocenters. The Morgan fingerprint density at radius 2 is 1.94 bits per heavy atom. The van der Waals surface area contributed by atoms with Crippen LogP contribution in [0.1, 0.15) is 27.2 Å². The largest absolute Gasteiger partial charge is 0.480 e. The third-order valence-corrected chi connectivity index (χ3v) is 2.47. The van der Waals surface area contributed by atoms with Crippen molar-refractivity contribution >= 4 is 11.9 Å². The van der Waals surface area contributed by atoms with Crippen LogP contribution in [0.25, 0.3) is 0 Å². The van der Waals surface area contributed by atoms with Gasteiger partial charge < -0.3 is 20.3 Å². The summed E-state index contributed by atoms with van der Waals surface area (Å²) in [5.41, 5.74) is -1.64. The molecular formula is C11H21NO5. The molecule has 0 aliphatic heterocycles. The molecule has 0 fully saturated rings. The number of hydrogen-bond acceptors (Lipinski definition) is 4. The number of rotatable bonds is 7. The van der Waals surface area contributed by atoms with Crippen LogP contribution < -0.4 is 5.32 Å². The number of aliphatic carboxylic acids is 1. The number of carboxylic acids is 1. The van der Waals surface area contributed by atoms with Crippen LogP contribution in [-0.2, 0) is 14.3 Å². The first kappa shape index (κ1) is 15.9. The molecule has 2 atom stereocenters. The van der Waals surface area contributed by atoms with E-state index in [2.05, 4.69) is 5.32 Å². The Balaban J connectivity index is 4.55. The van der Waals surface area contributed by atoms with Crippen LogP contribution in [0.5, 0.6) is 0 Å². The van der Waals surface area contributed by atoms with Gasteiger partial charge >= 0.3 is 5.97 Å². The molecule has 0 aliphatic rings. The zero-order valence-electron chi connectivity index (χ0n) is 10.7. The number of ether oxygens (including phenoxy) is 1. The van der Waals surface area contributed by atoms with Crippen LogP contribution >= 0.6 is 0 Å². The number of amides is 1. The molecule has 0 aromatic heterocycles. The fourth-order valence-corrected chi connectivity index (χ4v) is 1.39. The van der Waals surface area contributed by atoms with Gasteiger partial charge in [0, 0.05) is 13.5 Å². The van der Waals surface area contributed by atoms with E-state index in [1.165, 1.54) is 14.0 Å². The predicted octanol–water partition coefficient (Wildman–Crippen LogP) is -0.000700. The Morgan fingerprint density at radius 3 is 2.29 bits per heavy atom. The molecule has 100 valence electrons. The van der Waals surface area contributed by atoms with Crippen molar-refractivity contribution in [3.05, 3.63) is 0 Å². The first-order valence-corrected chi connectivity index (χ1v) is 5.49. The lowest BCUT2D eigenvalue weighted by Crippen LogP contribution is -2.46. The van der Waals surface area contributed by atoms with Crippen molar-refractivity contribution in [1.29, 1.82) is 0 Å². The van der Waals surface area contributed by atoms with Crippen molar-refractivity contribution in [1.82, 2.24) is 5.32 Å². The van der Waals surface area contributed by atoms with E-state index in [4.69, 9.17) is 9.84 Å². The average molecular weight is 247 g/mol. The zero-order valence-corrected chi connectivity index (χ0v) is 10.7. The lowest BCUT2D eigenvalue weighted by Gasteiger charge is -2.25. The second-order valence-electron chi connectivity index (χ2n) is 4.46. The molecule has 0 heterocycles. The number of aliphatic hydroxyl groups excluding tert-OH is 1. The summed E-state index contributed by atoms with van der Waals surface area (Å²) < 4.78 is 5.17. The summed E-state index contributed by atoms with van der Waals surface area (Å²) in [6.07, 6.45) is -1.23. The van der Waals surface area contributed by atoms with Gasteiger partial charge in [0.15, 0.2) is 0 Å². The molecule has 0 radical (unpaired) electrons. The summed E-state index contributed by atoms with van der Waals surface area (Å²) in [6.45, 7) is 4.91. The number of carbonyl (C=O) groups is 2. The molecule has 1 amide bonds. The second-order valence-corrected chi connectivity index (χ2v) is 4.46. The van der Waals surface area contributed by atoms with Crippen LogP contribution in [0.4, 0.5) is 0 Å². The molecule has 0 aromatic rings.